The Morgan fingerprint density at radius 2 is 2.10 bits per heavy atom. The largest absolute Gasteiger partial charge is 0.438 e. The number of hydrogen-bond donors (Lipinski definition) is 0. The van der Waals surface area contributed by atoms with E-state index in [9.17, 15) is 4.79 Å². The molecule has 0 aromatic carbocycles. The zero-order valence-corrected chi connectivity index (χ0v) is 11.7. The summed E-state index contributed by atoms with van der Waals surface area (Å²) < 4.78 is 17.2. The van der Waals surface area contributed by atoms with E-state index in [1.165, 1.54) is 0 Å². The van der Waals surface area contributed by atoms with Gasteiger partial charge in [0.1, 0.15) is 0 Å². The molecule has 110 valence electrons. The molecule has 3 fully saturated rings. The van der Waals surface area contributed by atoms with Crippen LogP contribution in [0.5, 0.6) is 0 Å². The highest BCUT2D eigenvalue weighted by Crippen LogP contribution is 2.40. The number of carbonyl (C=O) groups excluding carboxylic acids is 1. The summed E-state index contributed by atoms with van der Waals surface area (Å²) in [5.41, 5.74) is 4.07. The summed E-state index contributed by atoms with van der Waals surface area (Å²) >= 11 is 0. The number of ether oxygens (including phenoxy) is 3. The molecule has 5 heteroatoms. The number of cyclic esters (lactones) is 1. The van der Waals surface area contributed by atoms with Crippen LogP contribution in [0.25, 0.3) is 0 Å². The van der Waals surface area contributed by atoms with E-state index >= 15 is 0 Å². The number of carbonyl (C=O) groups is 1. The number of fused-ring (bicyclic) bond motifs is 1. The molecule has 0 aromatic heterocycles. The van der Waals surface area contributed by atoms with Gasteiger partial charge in [0.25, 0.3) is 0 Å². The highest BCUT2D eigenvalue weighted by Gasteiger charge is 2.53. The van der Waals surface area contributed by atoms with Gasteiger partial charge in [-0.05, 0) is 12.2 Å². The van der Waals surface area contributed by atoms with Gasteiger partial charge in [-0.1, -0.05) is 18.2 Å². The summed E-state index contributed by atoms with van der Waals surface area (Å²) in [5, 5.41) is 0. The summed E-state index contributed by atoms with van der Waals surface area (Å²) in [7, 11) is 0. The van der Waals surface area contributed by atoms with Crippen molar-refractivity contribution in [2.75, 3.05) is 19.8 Å². The molecule has 3 saturated heterocycles. The normalized spacial score (nSPS) is 33.0. The molecule has 0 saturated carbocycles. The average molecular weight is 287 g/mol. The van der Waals surface area contributed by atoms with E-state index in [1.807, 2.05) is 30.4 Å². The van der Waals surface area contributed by atoms with Crippen LogP contribution in [0.3, 0.4) is 0 Å². The topological polar surface area (TPSA) is 48.0 Å². The van der Waals surface area contributed by atoms with Crippen LogP contribution < -0.4 is 0 Å². The molecule has 1 aliphatic carbocycles. The second-order valence-corrected chi connectivity index (χ2v) is 5.64. The molecule has 0 N–H and O–H groups in total. The van der Waals surface area contributed by atoms with Crippen LogP contribution in [0.4, 0.5) is 4.79 Å². The number of hydrogen-bond acceptors (Lipinski definition) is 4. The van der Waals surface area contributed by atoms with E-state index in [0.717, 1.165) is 5.57 Å². The first-order valence-corrected chi connectivity index (χ1v) is 7.33. The smallest absolute Gasteiger partial charge is 0.410 e. The van der Waals surface area contributed by atoms with Gasteiger partial charge in [0, 0.05) is 25.0 Å². The van der Waals surface area contributed by atoms with Gasteiger partial charge in [0.15, 0.2) is 11.9 Å². The summed E-state index contributed by atoms with van der Waals surface area (Å²) in [6.07, 6.45) is 10.3. The zero-order chi connectivity index (χ0) is 14.3. The Balaban J connectivity index is 1.63. The molecular weight excluding hydrogens is 270 g/mol. The lowest BCUT2D eigenvalue weighted by Gasteiger charge is -2.39. The van der Waals surface area contributed by atoms with Crippen LogP contribution >= 0.6 is 0 Å². The summed E-state index contributed by atoms with van der Waals surface area (Å²) in [4.78, 5) is 13.9. The van der Waals surface area contributed by atoms with E-state index in [4.69, 9.17) is 14.2 Å². The number of rotatable bonds is 1. The third kappa shape index (κ3) is 2.14. The Labute approximate surface area is 123 Å². The van der Waals surface area contributed by atoms with E-state index in [-0.39, 0.29) is 18.2 Å². The lowest BCUT2D eigenvalue weighted by Crippen LogP contribution is -2.52. The predicted octanol–water partition coefficient (Wildman–Crippen LogP) is 1.92. The van der Waals surface area contributed by atoms with Gasteiger partial charge in [-0.15, -0.1) is 5.73 Å². The molecule has 21 heavy (non-hydrogen) atoms. The lowest BCUT2D eigenvalue weighted by molar-refractivity contribution is -0.190. The van der Waals surface area contributed by atoms with Gasteiger partial charge in [0.2, 0.25) is 0 Å². The SMILES string of the molecule is O=C1OC(C2=C=CC=CC=C2)C2CC3(CCN12)OCCO3. The maximum Gasteiger partial charge on any atom is 0.410 e. The maximum atomic E-state index is 12.1. The Morgan fingerprint density at radius 3 is 2.95 bits per heavy atom. The van der Waals surface area contributed by atoms with Crippen molar-refractivity contribution in [3.05, 3.63) is 41.7 Å². The van der Waals surface area contributed by atoms with Crippen molar-refractivity contribution < 1.29 is 19.0 Å². The van der Waals surface area contributed by atoms with Crippen LogP contribution in [-0.2, 0) is 14.2 Å². The molecule has 0 radical (unpaired) electrons. The van der Waals surface area contributed by atoms with Crippen molar-refractivity contribution in [3.63, 3.8) is 0 Å². The van der Waals surface area contributed by atoms with Crippen molar-refractivity contribution in [3.8, 4) is 0 Å². The first-order valence-electron chi connectivity index (χ1n) is 7.33. The minimum Gasteiger partial charge on any atom is -0.438 e. The Kier molecular flexibility index (Phi) is 3.00. The molecule has 2 unspecified atom stereocenters. The molecule has 0 bridgehead atoms. The molecule has 4 aliphatic rings. The van der Waals surface area contributed by atoms with E-state index in [2.05, 4.69) is 5.73 Å². The Bertz CT molecular complexity index is 579. The third-order valence-electron chi connectivity index (χ3n) is 4.43. The van der Waals surface area contributed by atoms with Crippen molar-refractivity contribution in [1.82, 2.24) is 4.90 Å². The minimum atomic E-state index is -0.537. The highest BCUT2D eigenvalue weighted by molar-refractivity contribution is 5.72. The lowest BCUT2D eigenvalue weighted by atomic mass is 9.90. The molecule has 2 atom stereocenters. The quantitative estimate of drug-likeness (QED) is 0.691. The number of allylic oxidation sites excluding steroid dienone is 3. The Morgan fingerprint density at radius 1 is 1.24 bits per heavy atom. The molecule has 5 nitrogen and oxygen atoms in total. The first-order chi connectivity index (χ1) is 10.3. The summed E-state index contributed by atoms with van der Waals surface area (Å²) in [6, 6.07) is -0.0528. The average Bonchev–Trinajstić information content (AvgIpc) is 2.95. The van der Waals surface area contributed by atoms with Gasteiger partial charge in [0.05, 0.1) is 19.3 Å². The standard InChI is InChI=1S/C16H17NO4/c18-15-17-8-7-16(19-9-10-20-16)11-13(17)14(21-15)12-5-3-1-2-4-6-12/h1-5,13-14H,7-11H2. The Hall–Kier alpha value is -1.81. The van der Waals surface area contributed by atoms with Gasteiger partial charge < -0.3 is 19.1 Å². The summed E-state index contributed by atoms with van der Waals surface area (Å²) in [5.74, 6) is -0.537. The van der Waals surface area contributed by atoms with Crippen LogP contribution in [-0.4, -0.2) is 48.7 Å². The fraction of sp³-hybridized carbons (Fsp3) is 0.500. The van der Waals surface area contributed by atoms with Crippen molar-refractivity contribution in [1.29, 1.82) is 0 Å². The van der Waals surface area contributed by atoms with Crippen molar-refractivity contribution in [2.24, 2.45) is 0 Å². The van der Waals surface area contributed by atoms with Gasteiger partial charge in [-0.3, -0.25) is 0 Å². The molecule has 3 aliphatic heterocycles. The van der Waals surface area contributed by atoms with Crippen LogP contribution in [0.1, 0.15) is 12.8 Å². The second kappa shape index (κ2) is 4.88. The second-order valence-electron chi connectivity index (χ2n) is 5.64. The van der Waals surface area contributed by atoms with Crippen LogP contribution in [0.2, 0.25) is 0 Å². The fourth-order valence-electron chi connectivity index (χ4n) is 3.42. The minimum absolute atomic E-state index is 0.0528. The predicted molar refractivity (Wildman–Crippen MR) is 74.5 cm³/mol. The number of piperidine rings is 1. The van der Waals surface area contributed by atoms with Crippen molar-refractivity contribution >= 4 is 6.09 Å². The maximum absolute atomic E-state index is 12.1. The van der Waals surface area contributed by atoms with Gasteiger partial charge in [-0.25, -0.2) is 4.79 Å². The van der Waals surface area contributed by atoms with E-state index in [1.54, 1.807) is 4.90 Å². The van der Waals surface area contributed by atoms with Crippen molar-refractivity contribution in [2.45, 2.75) is 30.8 Å². The molecule has 1 amide bonds. The monoisotopic (exact) mass is 287 g/mol. The zero-order valence-electron chi connectivity index (χ0n) is 11.7. The third-order valence-corrected chi connectivity index (χ3v) is 4.43. The highest BCUT2D eigenvalue weighted by atomic mass is 16.7. The molecule has 4 rings (SSSR count). The summed E-state index contributed by atoms with van der Waals surface area (Å²) in [6.45, 7) is 1.86. The molecule has 1 spiro atoms. The van der Waals surface area contributed by atoms with E-state index in [0.29, 0.717) is 32.6 Å². The van der Waals surface area contributed by atoms with Crippen LogP contribution in [0.15, 0.2) is 41.7 Å². The molecule has 0 aromatic rings. The number of amides is 1. The molecular formula is C16H17NO4. The van der Waals surface area contributed by atoms with Crippen LogP contribution in [0, 0.1) is 0 Å². The number of nitrogens with zero attached hydrogens (tertiary/aromatic N) is 1. The van der Waals surface area contributed by atoms with Gasteiger partial charge in [-0.2, -0.15) is 0 Å². The van der Waals surface area contributed by atoms with E-state index < -0.39 is 5.79 Å². The van der Waals surface area contributed by atoms with Gasteiger partial charge >= 0.3 is 6.09 Å². The fourth-order valence-corrected chi connectivity index (χ4v) is 3.42. The molecule has 3 heterocycles. The first kappa shape index (κ1) is 12.9.